The smallest absolute Gasteiger partial charge is 0.242 e. The maximum Gasteiger partial charge on any atom is 0.242 e. The summed E-state index contributed by atoms with van der Waals surface area (Å²) in [6, 6.07) is 9.23. The molecule has 0 spiro atoms. The third kappa shape index (κ3) is 3.10. The van der Waals surface area contributed by atoms with E-state index in [1.54, 1.807) is 18.3 Å². The number of hydrogen-bond acceptors (Lipinski definition) is 4. The maximum atomic E-state index is 12.8. The first-order chi connectivity index (χ1) is 12.1. The van der Waals surface area contributed by atoms with Crippen LogP contribution < -0.4 is 4.72 Å². The molecule has 1 N–H and O–H groups in total. The third-order valence-electron chi connectivity index (χ3n) is 5.63. The van der Waals surface area contributed by atoms with Crippen molar-refractivity contribution >= 4 is 20.9 Å². The first kappa shape index (κ1) is 16.7. The van der Waals surface area contributed by atoms with E-state index in [1.807, 2.05) is 18.2 Å². The number of sulfonamides is 1. The fourth-order valence-corrected chi connectivity index (χ4v) is 5.49. The second kappa shape index (κ2) is 6.52. The Morgan fingerprint density at radius 3 is 2.92 bits per heavy atom. The van der Waals surface area contributed by atoms with Gasteiger partial charge in [0.2, 0.25) is 10.0 Å². The zero-order valence-corrected chi connectivity index (χ0v) is 15.0. The molecule has 1 aromatic heterocycles. The summed E-state index contributed by atoms with van der Waals surface area (Å²) < 4.78 is 28.5. The fraction of sp³-hybridized carbons (Fsp3) is 0.421. The Morgan fingerprint density at radius 2 is 2.16 bits per heavy atom. The summed E-state index contributed by atoms with van der Waals surface area (Å²) in [4.78, 5) is 6.91. The SMILES string of the molecule is C=CC1CN2CCC1CC2CNS(=O)(=O)c1cccc2cccnc12. The second-order valence-corrected chi connectivity index (χ2v) is 8.75. The van der Waals surface area contributed by atoms with E-state index in [1.165, 1.54) is 6.42 Å². The van der Waals surface area contributed by atoms with Gasteiger partial charge in [-0.15, -0.1) is 6.58 Å². The van der Waals surface area contributed by atoms with Crippen LogP contribution in [0.1, 0.15) is 12.8 Å². The van der Waals surface area contributed by atoms with Gasteiger partial charge in [-0.2, -0.15) is 0 Å². The molecule has 0 saturated carbocycles. The van der Waals surface area contributed by atoms with E-state index >= 15 is 0 Å². The van der Waals surface area contributed by atoms with E-state index in [4.69, 9.17) is 0 Å². The molecule has 4 unspecified atom stereocenters. The topological polar surface area (TPSA) is 62.3 Å². The van der Waals surface area contributed by atoms with Crippen LogP contribution in [0.2, 0.25) is 0 Å². The largest absolute Gasteiger partial charge is 0.298 e. The molecule has 2 aromatic rings. The van der Waals surface area contributed by atoms with E-state index in [0.29, 0.717) is 23.9 Å². The summed E-state index contributed by atoms with van der Waals surface area (Å²) in [6.45, 7) is 6.44. The molecule has 132 valence electrons. The first-order valence-electron chi connectivity index (χ1n) is 8.78. The number of fused-ring (bicyclic) bond motifs is 4. The van der Waals surface area contributed by atoms with Crippen molar-refractivity contribution < 1.29 is 8.42 Å². The molecule has 4 heterocycles. The molecule has 3 aliphatic heterocycles. The van der Waals surface area contributed by atoms with Crippen molar-refractivity contribution in [2.75, 3.05) is 19.6 Å². The molecule has 1 aromatic carbocycles. The molecular weight excluding hydrogens is 334 g/mol. The van der Waals surface area contributed by atoms with E-state index in [0.717, 1.165) is 24.9 Å². The van der Waals surface area contributed by atoms with Crippen molar-refractivity contribution in [3.05, 3.63) is 49.2 Å². The lowest BCUT2D eigenvalue weighted by Gasteiger charge is -2.49. The number of hydrogen-bond donors (Lipinski definition) is 1. The van der Waals surface area contributed by atoms with E-state index in [2.05, 4.69) is 27.3 Å². The average Bonchev–Trinajstić information content (AvgIpc) is 2.66. The van der Waals surface area contributed by atoms with Crippen LogP contribution in [0.4, 0.5) is 0 Å². The third-order valence-corrected chi connectivity index (χ3v) is 7.08. The van der Waals surface area contributed by atoms with Crippen molar-refractivity contribution in [2.45, 2.75) is 23.8 Å². The maximum absolute atomic E-state index is 12.8. The average molecular weight is 357 g/mol. The molecule has 6 heteroatoms. The highest BCUT2D eigenvalue weighted by Gasteiger charge is 2.39. The Kier molecular flexibility index (Phi) is 4.35. The van der Waals surface area contributed by atoms with E-state index in [9.17, 15) is 8.42 Å². The van der Waals surface area contributed by atoms with Gasteiger partial charge in [0.1, 0.15) is 4.90 Å². The lowest BCUT2D eigenvalue weighted by molar-refractivity contribution is 0.0218. The fourth-order valence-electron chi connectivity index (χ4n) is 4.24. The molecule has 0 radical (unpaired) electrons. The second-order valence-electron chi connectivity index (χ2n) is 7.02. The zero-order chi connectivity index (χ0) is 17.4. The molecule has 2 bridgehead atoms. The van der Waals surface area contributed by atoms with Crippen molar-refractivity contribution in [1.82, 2.24) is 14.6 Å². The van der Waals surface area contributed by atoms with Gasteiger partial charge in [-0.3, -0.25) is 9.88 Å². The van der Waals surface area contributed by atoms with Gasteiger partial charge < -0.3 is 0 Å². The summed E-state index contributed by atoms with van der Waals surface area (Å²) in [7, 11) is -3.58. The number of rotatable bonds is 5. The number of nitrogens with one attached hydrogen (secondary N) is 1. The number of para-hydroxylation sites is 1. The van der Waals surface area contributed by atoms with Gasteiger partial charge in [0.15, 0.2) is 0 Å². The van der Waals surface area contributed by atoms with Crippen LogP contribution in [0, 0.1) is 11.8 Å². The lowest BCUT2D eigenvalue weighted by atomic mass is 9.76. The van der Waals surface area contributed by atoms with Gasteiger partial charge >= 0.3 is 0 Å². The molecule has 0 aliphatic carbocycles. The Bertz CT molecular complexity index is 891. The highest BCUT2D eigenvalue weighted by Crippen LogP contribution is 2.36. The van der Waals surface area contributed by atoms with Gasteiger partial charge in [0, 0.05) is 30.7 Å². The minimum atomic E-state index is -3.58. The molecular formula is C19H23N3O2S. The highest BCUT2D eigenvalue weighted by atomic mass is 32.2. The van der Waals surface area contributed by atoms with Gasteiger partial charge in [-0.1, -0.05) is 24.3 Å². The lowest BCUT2D eigenvalue weighted by Crippen LogP contribution is -2.56. The summed E-state index contributed by atoms with van der Waals surface area (Å²) in [5, 5.41) is 0.833. The van der Waals surface area contributed by atoms with Gasteiger partial charge in [0.05, 0.1) is 5.52 Å². The number of nitrogens with zero attached hydrogens (tertiary/aromatic N) is 2. The molecule has 5 nitrogen and oxygen atoms in total. The Morgan fingerprint density at radius 1 is 1.32 bits per heavy atom. The predicted octanol–water partition coefficient (Wildman–Crippen LogP) is 2.41. The number of piperidine rings is 3. The van der Waals surface area contributed by atoms with Crippen molar-refractivity contribution in [3.8, 4) is 0 Å². The molecule has 4 atom stereocenters. The van der Waals surface area contributed by atoms with E-state index < -0.39 is 10.0 Å². The molecule has 3 saturated heterocycles. The van der Waals surface area contributed by atoms with Crippen LogP contribution in [-0.2, 0) is 10.0 Å². The van der Waals surface area contributed by atoms with Crippen molar-refractivity contribution in [1.29, 1.82) is 0 Å². The number of benzene rings is 1. The number of pyridine rings is 1. The summed E-state index contributed by atoms with van der Waals surface area (Å²) >= 11 is 0. The predicted molar refractivity (Wildman–Crippen MR) is 98.7 cm³/mol. The molecule has 5 rings (SSSR count). The van der Waals surface area contributed by atoms with Crippen molar-refractivity contribution in [3.63, 3.8) is 0 Å². The Balaban J connectivity index is 1.52. The van der Waals surface area contributed by atoms with Crippen LogP contribution >= 0.6 is 0 Å². The monoisotopic (exact) mass is 357 g/mol. The minimum absolute atomic E-state index is 0.255. The molecule has 0 amide bonds. The zero-order valence-electron chi connectivity index (χ0n) is 14.1. The van der Waals surface area contributed by atoms with Crippen LogP contribution in [0.3, 0.4) is 0 Å². The minimum Gasteiger partial charge on any atom is -0.298 e. The summed E-state index contributed by atoms with van der Waals surface area (Å²) in [5.74, 6) is 1.18. The highest BCUT2D eigenvalue weighted by molar-refractivity contribution is 7.89. The van der Waals surface area contributed by atoms with Crippen LogP contribution in [-0.4, -0.2) is 44.0 Å². The van der Waals surface area contributed by atoms with Gasteiger partial charge in [-0.25, -0.2) is 13.1 Å². The molecule has 3 fully saturated rings. The van der Waals surface area contributed by atoms with Gasteiger partial charge in [0.25, 0.3) is 0 Å². The summed E-state index contributed by atoms with van der Waals surface area (Å²) in [5.41, 5.74) is 0.523. The first-order valence-corrected chi connectivity index (χ1v) is 10.3. The van der Waals surface area contributed by atoms with Gasteiger partial charge in [-0.05, 0) is 43.4 Å². The summed E-state index contributed by atoms with van der Waals surface area (Å²) in [6.07, 6.45) is 5.90. The standard InChI is InChI=1S/C19H23N3O2S/c1-2-14-13-22-10-8-16(14)11-17(22)12-21-25(23,24)18-7-3-5-15-6-4-9-20-19(15)18/h2-7,9,14,16-17,21H,1,8,10-13H2. The molecule has 3 aliphatic rings. The van der Waals surface area contributed by atoms with E-state index in [-0.39, 0.29) is 10.9 Å². The van der Waals surface area contributed by atoms with Crippen molar-refractivity contribution in [2.24, 2.45) is 11.8 Å². The van der Waals surface area contributed by atoms with Crippen LogP contribution in [0.5, 0.6) is 0 Å². The molecule has 25 heavy (non-hydrogen) atoms. The normalized spacial score (nSPS) is 29.0. The Labute approximate surface area is 148 Å². The quantitative estimate of drug-likeness (QED) is 0.835. The Hall–Kier alpha value is -1.76. The van der Waals surface area contributed by atoms with Crippen LogP contribution in [0.25, 0.3) is 10.9 Å². The van der Waals surface area contributed by atoms with Crippen LogP contribution in [0.15, 0.2) is 54.1 Å². The number of aromatic nitrogens is 1.